The number of anilines is 3. The van der Waals surface area contributed by atoms with Crippen LogP contribution in [0, 0.1) is 17.1 Å². The zero-order chi connectivity index (χ0) is 21.5. The van der Waals surface area contributed by atoms with Crippen LogP contribution in [-0.2, 0) is 4.79 Å². The van der Waals surface area contributed by atoms with Gasteiger partial charge in [0.1, 0.15) is 22.7 Å². The highest BCUT2D eigenvalue weighted by Crippen LogP contribution is 2.25. The van der Waals surface area contributed by atoms with Crippen LogP contribution in [-0.4, -0.2) is 22.6 Å². The molecule has 3 aromatic rings. The first-order valence-electron chi connectivity index (χ1n) is 8.71. The van der Waals surface area contributed by atoms with Crippen LogP contribution in [0.5, 0.6) is 0 Å². The number of nitrogens with one attached hydrogen (secondary N) is 2. The van der Waals surface area contributed by atoms with Crippen LogP contribution in [0.2, 0.25) is 0 Å². The van der Waals surface area contributed by atoms with Gasteiger partial charge in [0.15, 0.2) is 0 Å². The summed E-state index contributed by atoms with van der Waals surface area (Å²) in [6.45, 7) is 0. The molecule has 9 heteroatoms. The molecule has 0 atom stereocenters. The van der Waals surface area contributed by atoms with Crippen molar-refractivity contribution in [2.45, 2.75) is 5.03 Å². The predicted octanol–water partition coefficient (Wildman–Crippen LogP) is 3.66. The molecule has 0 spiro atoms. The zero-order valence-corrected chi connectivity index (χ0v) is 16.4. The summed E-state index contributed by atoms with van der Waals surface area (Å²) in [5.41, 5.74) is 7.13. The van der Waals surface area contributed by atoms with E-state index in [2.05, 4.69) is 15.6 Å². The van der Waals surface area contributed by atoms with Crippen molar-refractivity contribution in [2.24, 2.45) is 0 Å². The molecule has 0 saturated carbocycles. The van der Waals surface area contributed by atoms with Gasteiger partial charge in [0.25, 0.3) is 5.91 Å². The van der Waals surface area contributed by atoms with Crippen molar-refractivity contribution in [3.63, 3.8) is 0 Å². The molecule has 0 aliphatic heterocycles. The van der Waals surface area contributed by atoms with E-state index in [1.54, 1.807) is 24.3 Å². The molecule has 150 valence electrons. The normalized spacial score (nSPS) is 10.1. The second-order valence-electron chi connectivity index (χ2n) is 6.05. The number of halogens is 1. The van der Waals surface area contributed by atoms with Gasteiger partial charge in [-0.05, 0) is 42.5 Å². The fourth-order valence-corrected chi connectivity index (χ4v) is 3.23. The quantitative estimate of drug-likeness (QED) is 0.522. The maximum absolute atomic E-state index is 12.9. The molecule has 0 aliphatic rings. The molecule has 0 unspecified atom stereocenters. The van der Waals surface area contributed by atoms with Crippen molar-refractivity contribution in [2.75, 3.05) is 22.1 Å². The number of nitrogens with two attached hydrogens (primary N) is 1. The number of amides is 2. The number of pyridine rings is 1. The third-order valence-electron chi connectivity index (χ3n) is 3.88. The van der Waals surface area contributed by atoms with E-state index < -0.39 is 11.7 Å². The highest BCUT2D eigenvalue weighted by Gasteiger charge is 2.17. The highest BCUT2D eigenvalue weighted by molar-refractivity contribution is 8.00. The van der Waals surface area contributed by atoms with E-state index >= 15 is 0 Å². The van der Waals surface area contributed by atoms with E-state index in [4.69, 9.17) is 5.73 Å². The smallest absolute Gasteiger partial charge is 0.259 e. The summed E-state index contributed by atoms with van der Waals surface area (Å²) in [5.74, 6) is -1.36. The molecule has 3 rings (SSSR count). The summed E-state index contributed by atoms with van der Waals surface area (Å²) in [5, 5.41) is 15.0. The van der Waals surface area contributed by atoms with Crippen molar-refractivity contribution in [3.05, 3.63) is 77.6 Å². The average Bonchev–Trinajstić information content (AvgIpc) is 2.74. The Bertz CT molecular complexity index is 1110. The van der Waals surface area contributed by atoms with Gasteiger partial charge in [0, 0.05) is 11.4 Å². The van der Waals surface area contributed by atoms with Crippen molar-refractivity contribution < 1.29 is 14.0 Å². The third kappa shape index (κ3) is 5.33. The molecule has 0 radical (unpaired) electrons. The molecule has 2 amide bonds. The molecule has 0 bridgehead atoms. The summed E-state index contributed by atoms with van der Waals surface area (Å²) in [6.07, 6.45) is 0. The maximum Gasteiger partial charge on any atom is 0.259 e. The largest absolute Gasteiger partial charge is 0.383 e. The van der Waals surface area contributed by atoms with E-state index in [0.29, 0.717) is 11.4 Å². The molecular weight excluding hydrogens is 405 g/mol. The van der Waals surface area contributed by atoms with Crippen molar-refractivity contribution in [3.8, 4) is 6.07 Å². The zero-order valence-electron chi connectivity index (χ0n) is 15.6. The van der Waals surface area contributed by atoms with Crippen LogP contribution in [0.15, 0.2) is 65.7 Å². The number of para-hydroxylation sites is 1. The second-order valence-corrected chi connectivity index (χ2v) is 7.01. The lowest BCUT2D eigenvalue weighted by atomic mass is 10.2. The Kier molecular flexibility index (Phi) is 6.62. The minimum atomic E-state index is -0.492. The number of benzene rings is 2. The molecule has 0 aliphatic carbocycles. The first-order chi connectivity index (χ1) is 14.5. The Balaban J connectivity index is 1.69. The van der Waals surface area contributed by atoms with Crippen LogP contribution in [0.3, 0.4) is 0 Å². The Labute approximate surface area is 176 Å². The van der Waals surface area contributed by atoms with Gasteiger partial charge in [-0.25, -0.2) is 9.37 Å². The van der Waals surface area contributed by atoms with E-state index in [-0.39, 0.29) is 33.6 Å². The maximum atomic E-state index is 12.9. The van der Waals surface area contributed by atoms with Crippen molar-refractivity contribution in [1.82, 2.24) is 4.98 Å². The number of aromatic nitrogens is 1. The lowest BCUT2D eigenvalue weighted by Crippen LogP contribution is -2.16. The number of nitrogen functional groups attached to an aromatic ring is 1. The van der Waals surface area contributed by atoms with E-state index in [0.717, 1.165) is 11.8 Å². The summed E-state index contributed by atoms with van der Waals surface area (Å²) < 4.78 is 12.9. The van der Waals surface area contributed by atoms with Gasteiger partial charge < -0.3 is 16.4 Å². The summed E-state index contributed by atoms with van der Waals surface area (Å²) in [6, 6.07) is 17.5. The minimum Gasteiger partial charge on any atom is -0.383 e. The van der Waals surface area contributed by atoms with Crippen LogP contribution in [0.1, 0.15) is 15.9 Å². The molecule has 0 fully saturated rings. The Morgan fingerprint density at radius 2 is 1.73 bits per heavy atom. The molecule has 30 heavy (non-hydrogen) atoms. The topological polar surface area (TPSA) is 121 Å². The fourth-order valence-electron chi connectivity index (χ4n) is 2.47. The van der Waals surface area contributed by atoms with Crippen molar-refractivity contribution >= 4 is 40.8 Å². The number of rotatable bonds is 6. The first-order valence-corrected chi connectivity index (χ1v) is 9.70. The van der Waals surface area contributed by atoms with Crippen LogP contribution in [0.25, 0.3) is 0 Å². The summed E-state index contributed by atoms with van der Waals surface area (Å²) in [7, 11) is 0. The number of nitrogens with zero attached hydrogens (tertiary/aromatic N) is 2. The van der Waals surface area contributed by atoms with Gasteiger partial charge >= 0.3 is 0 Å². The molecule has 1 aromatic heterocycles. The second kappa shape index (κ2) is 9.54. The SMILES string of the molecule is N#Cc1cc(C(=O)Nc2ccccc2)c(N)nc1SCC(=O)Nc1ccc(F)cc1. The number of nitriles is 1. The monoisotopic (exact) mass is 421 g/mol. The van der Waals surface area contributed by atoms with Gasteiger partial charge in [-0.15, -0.1) is 0 Å². The number of hydrogen-bond donors (Lipinski definition) is 3. The minimum absolute atomic E-state index is 0.0476. The number of hydrogen-bond acceptors (Lipinski definition) is 6. The first kappa shape index (κ1) is 20.8. The van der Waals surface area contributed by atoms with Gasteiger partial charge in [0.2, 0.25) is 5.91 Å². The van der Waals surface area contributed by atoms with Crippen LogP contribution in [0.4, 0.5) is 21.6 Å². The Morgan fingerprint density at radius 3 is 2.40 bits per heavy atom. The van der Waals surface area contributed by atoms with Gasteiger partial charge in [0.05, 0.1) is 16.9 Å². The van der Waals surface area contributed by atoms with Gasteiger partial charge in [-0.1, -0.05) is 30.0 Å². The third-order valence-corrected chi connectivity index (χ3v) is 4.87. The molecule has 0 saturated heterocycles. The van der Waals surface area contributed by atoms with E-state index in [1.165, 1.54) is 30.3 Å². The van der Waals surface area contributed by atoms with E-state index in [1.807, 2.05) is 12.1 Å². The Hall–Kier alpha value is -3.90. The summed E-state index contributed by atoms with van der Waals surface area (Å²) in [4.78, 5) is 28.7. The van der Waals surface area contributed by atoms with Crippen LogP contribution < -0.4 is 16.4 Å². The van der Waals surface area contributed by atoms with E-state index in [9.17, 15) is 19.2 Å². The van der Waals surface area contributed by atoms with Crippen molar-refractivity contribution in [1.29, 1.82) is 5.26 Å². The fraction of sp³-hybridized carbons (Fsp3) is 0.0476. The molecular formula is C21H16FN5O2S. The average molecular weight is 421 g/mol. The van der Waals surface area contributed by atoms with Gasteiger partial charge in [-0.3, -0.25) is 9.59 Å². The lowest BCUT2D eigenvalue weighted by Gasteiger charge is -2.10. The number of carbonyl (C=O) groups is 2. The Morgan fingerprint density at radius 1 is 1.07 bits per heavy atom. The molecule has 2 aromatic carbocycles. The van der Waals surface area contributed by atoms with Gasteiger partial charge in [-0.2, -0.15) is 5.26 Å². The molecule has 7 nitrogen and oxygen atoms in total. The highest BCUT2D eigenvalue weighted by atomic mass is 32.2. The number of carbonyl (C=O) groups excluding carboxylic acids is 2. The predicted molar refractivity (Wildman–Crippen MR) is 114 cm³/mol. The lowest BCUT2D eigenvalue weighted by molar-refractivity contribution is -0.113. The molecule has 1 heterocycles. The van der Waals surface area contributed by atoms with Crippen LogP contribution >= 0.6 is 11.8 Å². The molecule has 4 N–H and O–H groups in total. The number of thioether (sulfide) groups is 1. The standard InChI is InChI=1S/C21H16FN5O2S/c22-14-6-8-16(9-7-14)25-18(28)12-30-21-13(11-23)10-17(19(24)27-21)20(29)26-15-4-2-1-3-5-15/h1-10H,12H2,(H2,24,27)(H,25,28)(H,26,29). The summed E-state index contributed by atoms with van der Waals surface area (Å²) >= 11 is 1.01.